The number of aromatic nitrogens is 1. The molecular formula is C10H16BrN3. The van der Waals surface area contributed by atoms with E-state index < -0.39 is 0 Å². The monoisotopic (exact) mass is 257 g/mol. The molecule has 1 rings (SSSR count). The van der Waals surface area contributed by atoms with Gasteiger partial charge in [-0.05, 0) is 60.4 Å². The topological polar surface area (TPSA) is 50.9 Å². The molecule has 14 heavy (non-hydrogen) atoms. The van der Waals surface area contributed by atoms with Crippen molar-refractivity contribution in [1.29, 1.82) is 0 Å². The Morgan fingerprint density at radius 1 is 1.50 bits per heavy atom. The first kappa shape index (κ1) is 11.5. The van der Waals surface area contributed by atoms with Gasteiger partial charge in [-0.15, -0.1) is 0 Å². The molecule has 0 aliphatic heterocycles. The number of anilines is 1. The molecule has 0 saturated carbocycles. The summed E-state index contributed by atoms with van der Waals surface area (Å²) in [6.45, 7) is 1.07. The number of hydrogen-bond donors (Lipinski definition) is 2. The summed E-state index contributed by atoms with van der Waals surface area (Å²) in [6, 6.07) is 2.04. The number of nitrogen functional groups attached to an aromatic ring is 1. The lowest BCUT2D eigenvalue weighted by molar-refractivity contribution is 0.676. The Morgan fingerprint density at radius 2 is 2.29 bits per heavy atom. The number of unbranched alkanes of at least 4 members (excludes halogenated alkanes) is 1. The fourth-order valence-electron chi connectivity index (χ4n) is 1.26. The summed E-state index contributed by atoms with van der Waals surface area (Å²) in [6.07, 6.45) is 5.28. The maximum atomic E-state index is 5.60. The zero-order valence-electron chi connectivity index (χ0n) is 8.39. The van der Waals surface area contributed by atoms with Gasteiger partial charge in [-0.3, -0.25) is 0 Å². The molecule has 3 nitrogen and oxygen atoms in total. The Morgan fingerprint density at radius 3 is 2.93 bits per heavy atom. The average molecular weight is 258 g/mol. The van der Waals surface area contributed by atoms with Crippen LogP contribution in [0.2, 0.25) is 0 Å². The van der Waals surface area contributed by atoms with E-state index in [1.807, 2.05) is 19.3 Å². The van der Waals surface area contributed by atoms with E-state index in [4.69, 9.17) is 5.73 Å². The summed E-state index contributed by atoms with van der Waals surface area (Å²) in [5.74, 6) is 0.559. The van der Waals surface area contributed by atoms with Crippen LogP contribution in [-0.4, -0.2) is 18.6 Å². The highest BCUT2D eigenvalue weighted by Gasteiger charge is 1.99. The molecule has 0 aromatic carbocycles. The minimum atomic E-state index is 0.559. The van der Waals surface area contributed by atoms with E-state index in [0.29, 0.717) is 5.82 Å². The van der Waals surface area contributed by atoms with Gasteiger partial charge < -0.3 is 11.1 Å². The highest BCUT2D eigenvalue weighted by Crippen LogP contribution is 2.18. The van der Waals surface area contributed by atoms with E-state index in [2.05, 4.69) is 26.2 Å². The first-order chi connectivity index (χ1) is 6.74. The maximum Gasteiger partial charge on any atom is 0.137 e. The van der Waals surface area contributed by atoms with Crippen molar-refractivity contribution in [3.05, 3.63) is 22.3 Å². The summed E-state index contributed by atoms with van der Waals surface area (Å²) in [7, 11) is 1.97. The van der Waals surface area contributed by atoms with Gasteiger partial charge in [-0.1, -0.05) is 0 Å². The van der Waals surface area contributed by atoms with Crippen molar-refractivity contribution in [1.82, 2.24) is 10.3 Å². The number of nitrogens with zero attached hydrogens (tertiary/aromatic N) is 1. The first-order valence-electron chi connectivity index (χ1n) is 4.78. The van der Waals surface area contributed by atoms with Crippen molar-refractivity contribution in [3.8, 4) is 0 Å². The highest BCUT2D eigenvalue weighted by molar-refractivity contribution is 9.10. The van der Waals surface area contributed by atoms with E-state index in [1.165, 1.54) is 18.4 Å². The number of pyridine rings is 1. The molecule has 0 unspecified atom stereocenters. The van der Waals surface area contributed by atoms with Crippen molar-refractivity contribution in [2.45, 2.75) is 19.3 Å². The van der Waals surface area contributed by atoms with Crippen LogP contribution >= 0.6 is 15.9 Å². The lowest BCUT2D eigenvalue weighted by atomic mass is 10.1. The molecule has 0 fully saturated rings. The minimum Gasteiger partial charge on any atom is -0.383 e. The maximum absolute atomic E-state index is 5.60. The molecule has 3 N–H and O–H groups in total. The Labute approximate surface area is 93.2 Å². The van der Waals surface area contributed by atoms with Crippen LogP contribution in [0.15, 0.2) is 16.7 Å². The standard InChI is InChI=1S/C10H16BrN3/c1-13-5-3-2-4-8-6-9(11)10(12)14-7-8/h6-7,13H,2-5H2,1H3,(H2,12,14). The van der Waals surface area contributed by atoms with Crippen LogP contribution in [0.5, 0.6) is 0 Å². The second-order valence-corrected chi connectivity index (χ2v) is 4.13. The van der Waals surface area contributed by atoms with Crippen molar-refractivity contribution in [3.63, 3.8) is 0 Å². The smallest absolute Gasteiger partial charge is 0.137 e. The van der Waals surface area contributed by atoms with Crippen LogP contribution in [0.3, 0.4) is 0 Å². The van der Waals surface area contributed by atoms with Gasteiger partial charge in [0.05, 0.1) is 4.47 Å². The first-order valence-corrected chi connectivity index (χ1v) is 5.58. The molecule has 0 radical (unpaired) electrons. The molecule has 78 valence electrons. The second kappa shape index (κ2) is 5.98. The molecular weight excluding hydrogens is 242 g/mol. The predicted molar refractivity (Wildman–Crippen MR) is 63.2 cm³/mol. The summed E-state index contributed by atoms with van der Waals surface area (Å²) >= 11 is 3.37. The molecule has 0 bridgehead atoms. The Kier molecular flexibility index (Phi) is 4.90. The van der Waals surface area contributed by atoms with E-state index in [0.717, 1.165) is 17.4 Å². The zero-order valence-corrected chi connectivity index (χ0v) is 9.97. The summed E-state index contributed by atoms with van der Waals surface area (Å²) < 4.78 is 0.892. The molecule has 4 heteroatoms. The fraction of sp³-hybridized carbons (Fsp3) is 0.500. The third-order valence-corrected chi connectivity index (χ3v) is 2.70. The number of nitrogens with two attached hydrogens (primary N) is 1. The fourth-order valence-corrected chi connectivity index (χ4v) is 1.65. The average Bonchev–Trinajstić information content (AvgIpc) is 2.18. The molecule has 0 amide bonds. The largest absolute Gasteiger partial charge is 0.383 e. The molecule has 0 saturated heterocycles. The lowest BCUT2D eigenvalue weighted by Gasteiger charge is -2.03. The normalized spacial score (nSPS) is 10.4. The third-order valence-electron chi connectivity index (χ3n) is 2.07. The third kappa shape index (κ3) is 3.64. The minimum absolute atomic E-state index is 0.559. The van der Waals surface area contributed by atoms with Crippen molar-refractivity contribution in [2.75, 3.05) is 19.3 Å². The highest BCUT2D eigenvalue weighted by atomic mass is 79.9. The Balaban J connectivity index is 2.39. The number of hydrogen-bond acceptors (Lipinski definition) is 3. The summed E-state index contributed by atoms with van der Waals surface area (Å²) in [5, 5.41) is 3.13. The van der Waals surface area contributed by atoms with Crippen molar-refractivity contribution < 1.29 is 0 Å². The van der Waals surface area contributed by atoms with Gasteiger partial charge in [0, 0.05) is 6.20 Å². The van der Waals surface area contributed by atoms with Crippen LogP contribution in [-0.2, 0) is 6.42 Å². The second-order valence-electron chi connectivity index (χ2n) is 3.27. The number of aryl methyl sites for hydroxylation is 1. The van der Waals surface area contributed by atoms with Gasteiger partial charge in [-0.2, -0.15) is 0 Å². The molecule has 1 aromatic heterocycles. The Bertz CT molecular complexity index is 289. The lowest BCUT2D eigenvalue weighted by Crippen LogP contribution is -2.07. The SMILES string of the molecule is CNCCCCc1cnc(N)c(Br)c1. The quantitative estimate of drug-likeness (QED) is 0.794. The Hall–Kier alpha value is -0.610. The van der Waals surface area contributed by atoms with Gasteiger partial charge in [0.1, 0.15) is 5.82 Å². The van der Waals surface area contributed by atoms with E-state index in [1.54, 1.807) is 0 Å². The zero-order chi connectivity index (χ0) is 10.4. The van der Waals surface area contributed by atoms with E-state index in [-0.39, 0.29) is 0 Å². The van der Waals surface area contributed by atoms with Gasteiger partial charge in [0.2, 0.25) is 0 Å². The molecule has 0 spiro atoms. The van der Waals surface area contributed by atoms with Crippen LogP contribution in [0.25, 0.3) is 0 Å². The van der Waals surface area contributed by atoms with Crippen molar-refractivity contribution in [2.24, 2.45) is 0 Å². The summed E-state index contributed by atoms with van der Waals surface area (Å²) in [4.78, 5) is 4.09. The van der Waals surface area contributed by atoms with E-state index in [9.17, 15) is 0 Å². The number of rotatable bonds is 5. The molecule has 1 heterocycles. The van der Waals surface area contributed by atoms with Gasteiger partial charge in [0.25, 0.3) is 0 Å². The molecule has 0 aliphatic carbocycles. The van der Waals surface area contributed by atoms with Crippen LogP contribution < -0.4 is 11.1 Å². The van der Waals surface area contributed by atoms with Gasteiger partial charge >= 0.3 is 0 Å². The van der Waals surface area contributed by atoms with Crippen LogP contribution in [0.1, 0.15) is 18.4 Å². The van der Waals surface area contributed by atoms with Gasteiger partial charge in [-0.25, -0.2) is 4.98 Å². The van der Waals surface area contributed by atoms with Crippen molar-refractivity contribution >= 4 is 21.7 Å². The van der Waals surface area contributed by atoms with Crippen LogP contribution in [0.4, 0.5) is 5.82 Å². The summed E-state index contributed by atoms with van der Waals surface area (Å²) in [5.41, 5.74) is 6.84. The molecule has 0 aliphatic rings. The molecule has 0 atom stereocenters. The van der Waals surface area contributed by atoms with Gasteiger partial charge in [0.15, 0.2) is 0 Å². The number of nitrogens with one attached hydrogen (secondary N) is 1. The number of halogens is 1. The van der Waals surface area contributed by atoms with E-state index >= 15 is 0 Å². The molecule has 1 aromatic rings. The van der Waals surface area contributed by atoms with Crippen LogP contribution in [0, 0.1) is 0 Å². The predicted octanol–water partition coefficient (Wildman–Crippen LogP) is 1.97.